The first-order valence-corrected chi connectivity index (χ1v) is 7.10. The average molecular weight is 270 g/mol. The molecule has 0 saturated heterocycles. The molecule has 106 valence electrons. The summed E-state index contributed by atoms with van der Waals surface area (Å²) in [6.07, 6.45) is -0.136. The third-order valence-electron chi connectivity index (χ3n) is 4.18. The van der Waals surface area contributed by atoms with Crippen LogP contribution in [0, 0.1) is 5.92 Å². The van der Waals surface area contributed by atoms with Crippen molar-refractivity contribution >= 4 is 0 Å². The van der Waals surface area contributed by atoms with Gasteiger partial charge in [-0.25, -0.2) is 0 Å². The van der Waals surface area contributed by atoms with Crippen LogP contribution in [0.1, 0.15) is 37.5 Å². The molecule has 0 aliphatic heterocycles. The van der Waals surface area contributed by atoms with E-state index in [0.717, 1.165) is 11.1 Å². The second-order valence-corrected chi connectivity index (χ2v) is 5.29. The monoisotopic (exact) mass is 270 g/mol. The summed E-state index contributed by atoms with van der Waals surface area (Å²) < 4.78 is 0. The molecule has 2 nitrogen and oxygen atoms in total. The predicted molar refractivity (Wildman–Crippen MR) is 81.2 cm³/mol. The highest BCUT2D eigenvalue weighted by molar-refractivity contribution is 5.26. The van der Waals surface area contributed by atoms with E-state index in [2.05, 4.69) is 0 Å². The molecule has 2 aromatic carbocycles. The minimum absolute atomic E-state index is 0.294. The van der Waals surface area contributed by atoms with Gasteiger partial charge in [-0.15, -0.1) is 0 Å². The number of aliphatic hydroxyl groups excluding tert-OH is 1. The summed E-state index contributed by atoms with van der Waals surface area (Å²) in [6.45, 7) is 3.84. The van der Waals surface area contributed by atoms with Crippen LogP contribution in [0.2, 0.25) is 0 Å². The van der Waals surface area contributed by atoms with E-state index >= 15 is 0 Å². The van der Waals surface area contributed by atoms with Gasteiger partial charge >= 0.3 is 0 Å². The van der Waals surface area contributed by atoms with E-state index in [1.165, 1.54) is 0 Å². The van der Waals surface area contributed by atoms with E-state index in [1.54, 1.807) is 0 Å². The van der Waals surface area contributed by atoms with Gasteiger partial charge < -0.3 is 10.2 Å². The van der Waals surface area contributed by atoms with E-state index in [0.29, 0.717) is 6.42 Å². The average Bonchev–Trinajstić information content (AvgIpc) is 2.54. The summed E-state index contributed by atoms with van der Waals surface area (Å²) >= 11 is 0. The van der Waals surface area contributed by atoms with Crippen molar-refractivity contribution in [2.75, 3.05) is 0 Å². The van der Waals surface area contributed by atoms with Gasteiger partial charge in [0.05, 0.1) is 11.7 Å². The minimum atomic E-state index is -1.03. The summed E-state index contributed by atoms with van der Waals surface area (Å²) in [5, 5.41) is 21.6. The van der Waals surface area contributed by atoms with Crippen LogP contribution in [0.15, 0.2) is 60.7 Å². The molecular formula is C18H22O2. The lowest BCUT2D eigenvalue weighted by molar-refractivity contribution is -0.0735. The summed E-state index contributed by atoms with van der Waals surface area (Å²) in [5.41, 5.74) is 0.657. The van der Waals surface area contributed by atoms with Crippen molar-refractivity contribution in [2.45, 2.75) is 32.0 Å². The molecule has 0 radical (unpaired) electrons. The maximum absolute atomic E-state index is 11.0. The molecule has 2 rings (SSSR count). The molecule has 2 N–H and O–H groups in total. The molecule has 0 aliphatic carbocycles. The van der Waals surface area contributed by atoms with E-state index in [9.17, 15) is 10.2 Å². The molecular weight excluding hydrogens is 248 g/mol. The van der Waals surface area contributed by atoms with Gasteiger partial charge in [-0.05, 0) is 17.5 Å². The Morgan fingerprint density at radius 2 is 1.45 bits per heavy atom. The van der Waals surface area contributed by atoms with Gasteiger partial charge in [0.1, 0.15) is 0 Å². The summed E-state index contributed by atoms with van der Waals surface area (Å²) in [6, 6.07) is 19.1. The Labute approximate surface area is 120 Å². The Kier molecular flexibility index (Phi) is 4.58. The van der Waals surface area contributed by atoms with Crippen molar-refractivity contribution < 1.29 is 10.2 Å². The highest BCUT2D eigenvalue weighted by Crippen LogP contribution is 2.39. The normalized spacial score (nSPS) is 17.2. The second-order valence-electron chi connectivity index (χ2n) is 5.29. The molecule has 0 aromatic heterocycles. The van der Waals surface area contributed by atoms with Gasteiger partial charge in [0.2, 0.25) is 0 Å². The first-order chi connectivity index (χ1) is 9.59. The van der Waals surface area contributed by atoms with Gasteiger partial charge in [0, 0.05) is 5.92 Å². The quantitative estimate of drug-likeness (QED) is 0.870. The largest absolute Gasteiger partial charge is 0.388 e. The van der Waals surface area contributed by atoms with E-state index in [1.807, 2.05) is 74.5 Å². The van der Waals surface area contributed by atoms with Crippen LogP contribution in [0.25, 0.3) is 0 Å². The van der Waals surface area contributed by atoms with Gasteiger partial charge in [0.15, 0.2) is 0 Å². The second kappa shape index (κ2) is 6.21. The molecule has 20 heavy (non-hydrogen) atoms. The molecule has 2 heteroatoms. The first-order valence-electron chi connectivity index (χ1n) is 7.10. The Bertz CT molecular complexity index is 524. The lowest BCUT2D eigenvalue weighted by atomic mass is 9.76. The van der Waals surface area contributed by atoms with Crippen LogP contribution in [0.3, 0.4) is 0 Å². The van der Waals surface area contributed by atoms with Gasteiger partial charge in [-0.3, -0.25) is 0 Å². The van der Waals surface area contributed by atoms with Crippen LogP contribution >= 0.6 is 0 Å². The smallest absolute Gasteiger partial charge is 0.0947 e. The lowest BCUT2D eigenvalue weighted by Crippen LogP contribution is -2.36. The third-order valence-corrected chi connectivity index (χ3v) is 4.18. The number of benzene rings is 2. The maximum atomic E-state index is 11.0. The van der Waals surface area contributed by atoms with E-state index < -0.39 is 11.7 Å². The molecule has 2 aromatic rings. The van der Waals surface area contributed by atoms with Crippen molar-refractivity contribution in [3.63, 3.8) is 0 Å². The number of aliphatic hydroxyl groups is 2. The molecule has 0 saturated carbocycles. The van der Waals surface area contributed by atoms with Crippen molar-refractivity contribution in [3.05, 3.63) is 71.8 Å². The molecule has 0 unspecified atom stereocenters. The summed E-state index contributed by atoms with van der Waals surface area (Å²) in [4.78, 5) is 0. The predicted octanol–water partition coefficient (Wildman–Crippen LogP) is 3.65. The first kappa shape index (κ1) is 14.8. The number of hydrogen-bond acceptors (Lipinski definition) is 2. The summed E-state index contributed by atoms with van der Waals surface area (Å²) in [5.74, 6) is -0.294. The zero-order valence-corrected chi connectivity index (χ0v) is 12.0. The van der Waals surface area contributed by atoms with Gasteiger partial charge in [0.25, 0.3) is 0 Å². The van der Waals surface area contributed by atoms with Crippen LogP contribution in [0.4, 0.5) is 0 Å². The van der Waals surface area contributed by atoms with Crippen LogP contribution in [-0.2, 0) is 5.60 Å². The van der Waals surface area contributed by atoms with Gasteiger partial charge in [-0.1, -0.05) is 74.5 Å². The Hall–Kier alpha value is -1.64. The Balaban J connectivity index is 2.32. The van der Waals surface area contributed by atoms with Crippen molar-refractivity contribution in [3.8, 4) is 0 Å². The fourth-order valence-corrected chi connectivity index (χ4v) is 2.72. The zero-order chi connectivity index (χ0) is 14.6. The SMILES string of the molecule is CC[C@@](O)(c1ccccc1)[C@H](C)[C@@H](O)c1ccccc1. The highest BCUT2D eigenvalue weighted by atomic mass is 16.3. The molecule has 0 aliphatic rings. The van der Waals surface area contributed by atoms with Crippen LogP contribution in [0.5, 0.6) is 0 Å². The topological polar surface area (TPSA) is 40.5 Å². The van der Waals surface area contributed by atoms with Gasteiger partial charge in [-0.2, -0.15) is 0 Å². The summed E-state index contributed by atoms with van der Waals surface area (Å²) in [7, 11) is 0. The fraction of sp³-hybridized carbons (Fsp3) is 0.333. The minimum Gasteiger partial charge on any atom is -0.388 e. The molecule has 0 spiro atoms. The van der Waals surface area contributed by atoms with Crippen molar-refractivity contribution in [1.29, 1.82) is 0 Å². The van der Waals surface area contributed by atoms with Crippen molar-refractivity contribution in [2.24, 2.45) is 5.92 Å². The highest BCUT2D eigenvalue weighted by Gasteiger charge is 2.38. The number of rotatable bonds is 5. The fourth-order valence-electron chi connectivity index (χ4n) is 2.72. The lowest BCUT2D eigenvalue weighted by Gasteiger charge is -2.36. The standard InChI is InChI=1S/C18H22O2/c1-3-18(20,16-12-8-5-9-13-16)14(2)17(19)15-10-6-4-7-11-15/h4-14,17,19-20H,3H2,1-2H3/t14-,17-,18+/m1/s1. The van der Waals surface area contributed by atoms with E-state index in [4.69, 9.17) is 0 Å². The van der Waals surface area contributed by atoms with Crippen LogP contribution in [-0.4, -0.2) is 10.2 Å². The number of hydrogen-bond donors (Lipinski definition) is 2. The molecule has 0 heterocycles. The third kappa shape index (κ3) is 2.77. The molecule has 0 fully saturated rings. The maximum Gasteiger partial charge on any atom is 0.0947 e. The van der Waals surface area contributed by atoms with E-state index in [-0.39, 0.29) is 5.92 Å². The molecule has 3 atom stereocenters. The molecule has 0 amide bonds. The Morgan fingerprint density at radius 1 is 0.950 bits per heavy atom. The van der Waals surface area contributed by atoms with Crippen molar-refractivity contribution in [1.82, 2.24) is 0 Å². The Morgan fingerprint density at radius 3 is 1.95 bits per heavy atom. The molecule has 0 bridgehead atoms. The van der Waals surface area contributed by atoms with Crippen LogP contribution < -0.4 is 0 Å². The zero-order valence-electron chi connectivity index (χ0n) is 12.0.